The maximum absolute atomic E-state index is 13.2. The molecule has 0 radical (unpaired) electrons. The van der Waals surface area contributed by atoms with E-state index in [1.54, 1.807) is 0 Å². The van der Waals surface area contributed by atoms with E-state index in [4.69, 9.17) is 4.42 Å². The number of hydrogen-bond donors (Lipinski definition) is 1. The van der Waals surface area contributed by atoms with Crippen LogP contribution in [0.4, 0.5) is 4.39 Å². The van der Waals surface area contributed by atoms with Crippen LogP contribution in [0.1, 0.15) is 11.5 Å². The van der Waals surface area contributed by atoms with Gasteiger partial charge in [-0.15, -0.1) is 10.2 Å². The minimum atomic E-state index is -0.296. The second-order valence-corrected chi connectivity index (χ2v) is 3.87. The van der Waals surface area contributed by atoms with Gasteiger partial charge in [-0.25, -0.2) is 4.39 Å². The highest BCUT2D eigenvalue weighted by atomic mass is 19.1. The topological polar surface area (TPSA) is 51.0 Å². The summed E-state index contributed by atoms with van der Waals surface area (Å²) in [5.41, 5.74) is 1.45. The molecule has 0 aliphatic heterocycles. The van der Waals surface area contributed by atoms with Crippen LogP contribution in [0.2, 0.25) is 0 Å². The number of nitrogens with zero attached hydrogens (tertiary/aromatic N) is 2. The molecular weight excluding hydrogens is 221 g/mol. The van der Waals surface area contributed by atoms with Crippen molar-refractivity contribution in [3.8, 4) is 11.5 Å². The lowest BCUT2D eigenvalue weighted by molar-refractivity contribution is 0.499. The molecule has 1 aromatic carbocycles. The Balaban J connectivity index is 2.24. The zero-order valence-corrected chi connectivity index (χ0v) is 9.83. The van der Waals surface area contributed by atoms with Crippen LogP contribution in [0.15, 0.2) is 22.6 Å². The highest BCUT2D eigenvalue weighted by Gasteiger charge is 2.09. The highest BCUT2D eigenvalue weighted by Crippen LogP contribution is 2.20. The lowest BCUT2D eigenvalue weighted by Crippen LogP contribution is -2.10. The zero-order valence-electron chi connectivity index (χ0n) is 9.83. The van der Waals surface area contributed by atoms with Gasteiger partial charge in [-0.2, -0.15) is 0 Å². The van der Waals surface area contributed by atoms with Crippen molar-refractivity contribution in [2.45, 2.75) is 13.3 Å². The summed E-state index contributed by atoms with van der Waals surface area (Å²) < 4.78 is 18.7. The number of aromatic nitrogens is 2. The van der Waals surface area contributed by atoms with Gasteiger partial charge >= 0.3 is 0 Å². The maximum Gasteiger partial charge on any atom is 0.247 e. The Morgan fingerprint density at radius 1 is 1.29 bits per heavy atom. The smallest absolute Gasteiger partial charge is 0.247 e. The molecule has 0 atom stereocenters. The lowest BCUT2D eigenvalue weighted by atomic mass is 10.1. The number of nitrogens with one attached hydrogen (secondary N) is 1. The molecule has 90 valence electrons. The van der Waals surface area contributed by atoms with Crippen LogP contribution in [0.5, 0.6) is 0 Å². The van der Waals surface area contributed by atoms with Crippen molar-refractivity contribution in [1.82, 2.24) is 15.5 Å². The third kappa shape index (κ3) is 2.88. The molecule has 0 unspecified atom stereocenters. The number of hydrogen-bond acceptors (Lipinski definition) is 4. The Labute approximate surface area is 98.9 Å². The van der Waals surface area contributed by atoms with Crippen LogP contribution in [0.25, 0.3) is 11.5 Å². The number of rotatable bonds is 4. The van der Waals surface area contributed by atoms with E-state index in [9.17, 15) is 4.39 Å². The number of halogens is 1. The van der Waals surface area contributed by atoms with E-state index in [2.05, 4.69) is 15.5 Å². The summed E-state index contributed by atoms with van der Waals surface area (Å²) in [6, 6.07) is 4.67. The summed E-state index contributed by atoms with van der Waals surface area (Å²) in [6.45, 7) is 2.59. The van der Waals surface area contributed by atoms with E-state index < -0.39 is 0 Å². The Morgan fingerprint density at radius 3 is 2.82 bits per heavy atom. The molecule has 0 fully saturated rings. The van der Waals surface area contributed by atoms with Crippen molar-refractivity contribution < 1.29 is 8.81 Å². The van der Waals surface area contributed by atoms with Crippen molar-refractivity contribution in [1.29, 1.82) is 0 Å². The first kappa shape index (κ1) is 11.7. The van der Waals surface area contributed by atoms with E-state index in [0.717, 1.165) is 12.1 Å². The molecule has 0 saturated carbocycles. The predicted octanol–water partition coefficient (Wildman–Crippen LogP) is 1.95. The van der Waals surface area contributed by atoms with Gasteiger partial charge in [0.25, 0.3) is 0 Å². The van der Waals surface area contributed by atoms with E-state index >= 15 is 0 Å². The van der Waals surface area contributed by atoms with Gasteiger partial charge < -0.3 is 9.73 Å². The van der Waals surface area contributed by atoms with Crippen molar-refractivity contribution in [3.63, 3.8) is 0 Å². The summed E-state index contributed by atoms with van der Waals surface area (Å²) in [5, 5.41) is 10.8. The highest BCUT2D eigenvalue weighted by molar-refractivity contribution is 5.53. The van der Waals surface area contributed by atoms with Crippen LogP contribution in [0.3, 0.4) is 0 Å². The fourth-order valence-electron chi connectivity index (χ4n) is 1.56. The fourth-order valence-corrected chi connectivity index (χ4v) is 1.56. The zero-order chi connectivity index (χ0) is 12.3. The van der Waals surface area contributed by atoms with Crippen LogP contribution in [-0.4, -0.2) is 23.8 Å². The fraction of sp³-hybridized carbons (Fsp3) is 0.333. The molecule has 0 spiro atoms. The Hall–Kier alpha value is -1.75. The minimum Gasteiger partial charge on any atom is -0.421 e. The third-order valence-electron chi connectivity index (χ3n) is 2.34. The van der Waals surface area contributed by atoms with Crippen LogP contribution < -0.4 is 5.32 Å². The van der Waals surface area contributed by atoms with Gasteiger partial charge in [0.2, 0.25) is 11.8 Å². The third-order valence-corrected chi connectivity index (χ3v) is 2.34. The molecule has 0 aliphatic rings. The van der Waals surface area contributed by atoms with Gasteiger partial charge in [0, 0.05) is 18.5 Å². The van der Waals surface area contributed by atoms with Gasteiger partial charge in [0.05, 0.1) is 0 Å². The van der Waals surface area contributed by atoms with Crippen molar-refractivity contribution in [2.24, 2.45) is 0 Å². The number of benzene rings is 1. The van der Waals surface area contributed by atoms with Crippen molar-refractivity contribution >= 4 is 0 Å². The number of aryl methyl sites for hydroxylation is 1. The van der Waals surface area contributed by atoms with Crippen LogP contribution in [0, 0.1) is 12.7 Å². The molecule has 4 nitrogen and oxygen atoms in total. The predicted molar refractivity (Wildman–Crippen MR) is 62.1 cm³/mol. The molecule has 5 heteroatoms. The second-order valence-electron chi connectivity index (χ2n) is 3.87. The summed E-state index contributed by atoms with van der Waals surface area (Å²) in [7, 11) is 1.85. The van der Waals surface area contributed by atoms with E-state index in [-0.39, 0.29) is 5.82 Å². The van der Waals surface area contributed by atoms with Gasteiger partial charge in [-0.05, 0) is 37.7 Å². The molecule has 0 amide bonds. The van der Waals surface area contributed by atoms with Gasteiger partial charge in [0.1, 0.15) is 5.82 Å². The first-order valence-electron chi connectivity index (χ1n) is 5.43. The summed E-state index contributed by atoms with van der Waals surface area (Å²) in [5.74, 6) is 0.616. The average molecular weight is 235 g/mol. The minimum absolute atomic E-state index is 0.296. The molecule has 2 aromatic rings. The van der Waals surface area contributed by atoms with Gasteiger partial charge in [0.15, 0.2) is 0 Å². The first-order valence-corrected chi connectivity index (χ1v) is 5.43. The average Bonchev–Trinajstić information content (AvgIpc) is 2.73. The Kier molecular flexibility index (Phi) is 3.49. The normalized spacial score (nSPS) is 10.8. The summed E-state index contributed by atoms with van der Waals surface area (Å²) in [6.07, 6.45) is 0.664. The summed E-state index contributed by atoms with van der Waals surface area (Å²) >= 11 is 0. The maximum atomic E-state index is 13.2. The quantitative estimate of drug-likeness (QED) is 0.880. The molecule has 0 saturated heterocycles. The lowest BCUT2D eigenvalue weighted by Gasteiger charge is -1.98. The van der Waals surface area contributed by atoms with Crippen LogP contribution in [-0.2, 0) is 6.42 Å². The molecule has 0 bridgehead atoms. The van der Waals surface area contributed by atoms with E-state index in [0.29, 0.717) is 23.8 Å². The van der Waals surface area contributed by atoms with Gasteiger partial charge in [-0.3, -0.25) is 0 Å². The molecule has 1 N–H and O–H groups in total. The molecule has 17 heavy (non-hydrogen) atoms. The monoisotopic (exact) mass is 235 g/mol. The molecule has 1 heterocycles. The van der Waals surface area contributed by atoms with Gasteiger partial charge in [-0.1, -0.05) is 0 Å². The Morgan fingerprint density at radius 2 is 2.12 bits per heavy atom. The SMILES string of the molecule is CNCCc1nnc(-c2cc(C)cc(F)c2)o1. The van der Waals surface area contributed by atoms with Crippen molar-refractivity contribution in [3.05, 3.63) is 35.5 Å². The molecule has 0 aliphatic carbocycles. The van der Waals surface area contributed by atoms with Crippen LogP contribution >= 0.6 is 0 Å². The molecule has 2 rings (SSSR count). The van der Waals surface area contributed by atoms with Crippen molar-refractivity contribution in [2.75, 3.05) is 13.6 Å². The van der Waals surface area contributed by atoms with E-state index in [1.807, 2.05) is 20.0 Å². The second kappa shape index (κ2) is 5.05. The summed E-state index contributed by atoms with van der Waals surface area (Å²) in [4.78, 5) is 0. The number of likely N-dealkylation sites (N-methyl/N-ethyl adjacent to an activating group) is 1. The molecular formula is C12H14FN3O. The van der Waals surface area contributed by atoms with E-state index in [1.165, 1.54) is 12.1 Å². The Bertz CT molecular complexity index is 490. The molecule has 1 aromatic heterocycles. The first-order chi connectivity index (χ1) is 8.19. The standard InChI is InChI=1S/C12H14FN3O/c1-8-5-9(7-10(13)6-8)12-16-15-11(17-12)3-4-14-2/h5-7,14H,3-4H2,1-2H3. The largest absolute Gasteiger partial charge is 0.421 e.